The Morgan fingerprint density at radius 1 is 1.24 bits per heavy atom. The van der Waals surface area contributed by atoms with Crippen LogP contribution in [-0.2, 0) is 13.0 Å². The molecule has 106 valence electrons. The number of rotatable bonds is 4. The minimum atomic E-state index is -1.19. The van der Waals surface area contributed by atoms with E-state index in [1.54, 1.807) is 18.2 Å². The van der Waals surface area contributed by atoms with Gasteiger partial charge in [-0.05, 0) is 23.3 Å². The molecule has 0 atom stereocenters. The summed E-state index contributed by atoms with van der Waals surface area (Å²) in [6, 6.07) is 12.2. The molecule has 0 bridgehead atoms. The van der Waals surface area contributed by atoms with Gasteiger partial charge in [0.25, 0.3) is 0 Å². The van der Waals surface area contributed by atoms with Gasteiger partial charge in [-0.25, -0.2) is 4.98 Å². The minimum Gasteiger partial charge on any atom is -0.545 e. The molecule has 2 N–H and O–H groups in total. The zero-order chi connectivity index (χ0) is 14.8. The van der Waals surface area contributed by atoms with Gasteiger partial charge < -0.3 is 20.0 Å². The molecule has 21 heavy (non-hydrogen) atoms. The molecule has 5 heteroatoms. The van der Waals surface area contributed by atoms with E-state index in [4.69, 9.17) is 5.11 Å². The van der Waals surface area contributed by atoms with Crippen LogP contribution < -0.4 is 5.11 Å². The molecule has 5 nitrogen and oxygen atoms in total. The number of benzene rings is 2. The van der Waals surface area contributed by atoms with Crippen molar-refractivity contribution in [3.8, 4) is 0 Å². The number of nitrogens with zero attached hydrogens (tertiary/aromatic N) is 1. The van der Waals surface area contributed by atoms with Crippen molar-refractivity contribution in [2.45, 2.75) is 13.0 Å². The summed E-state index contributed by atoms with van der Waals surface area (Å²) in [7, 11) is 0. The van der Waals surface area contributed by atoms with Crippen molar-refractivity contribution in [1.29, 1.82) is 0 Å². The Labute approximate surface area is 120 Å². The highest BCUT2D eigenvalue weighted by atomic mass is 16.4. The number of imidazole rings is 1. The molecule has 0 amide bonds. The lowest BCUT2D eigenvalue weighted by Gasteiger charge is -2.08. The fraction of sp³-hybridized carbons (Fsp3) is 0.125. The van der Waals surface area contributed by atoms with Crippen LogP contribution in [0.5, 0.6) is 0 Å². The highest BCUT2D eigenvalue weighted by Crippen LogP contribution is 2.17. The highest BCUT2D eigenvalue weighted by Gasteiger charge is 2.08. The zero-order valence-corrected chi connectivity index (χ0v) is 11.2. The number of fused-ring (bicyclic) bond motifs is 1. The first-order valence-electron chi connectivity index (χ1n) is 6.55. The molecule has 1 aromatic heterocycles. The van der Waals surface area contributed by atoms with Crippen molar-refractivity contribution in [2.24, 2.45) is 0 Å². The van der Waals surface area contributed by atoms with Crippen LogP contribution in [0.2, 0.25) is 0 Å². The maximum atomic E-state index is 11.1. The fourth-order valence-electron chi connectivity index (χ4n) is 2.35. The van der Waals surface area contributed by atoms with Gasteiger partial charge in [-0.15, -0.1) is 0 Å². The number of carbonyl (C=O) groups excluding carboxylic acids is 1. The Balaban J connectivity index is 1.97. The van der Waals surface area contributed by atoms with E-state index in [2.05, 4.69) is 9.97 Å². The van der Waals surface area contributed by atoms with E-state index in [0.717, 1.165) is 16.6 Å². The van der Waals surface area contributed by atoms with Crippen LogP contribution in [0, 0.1) is 0 Å². The number of hydrogen-bond donors (Lipinski definition) is 2. The largest absolute Gasteiger partial charge is 0.545 e. The molecule has 3 aromatic rings. The van der Waals surface area contributed by atoms with E-state index in [9.17, 15) is 9.90 Å². The number of carbonyl (C=O) groups is 1. The van der Waals surface area contributed by atoms with Crippen molar-refractivity contribution >= 4 is 17.0 Å². The Morgan fingerprint density at radius 3 is 2.81 bits per heavy atom. The monoisotopic (exact) mass is 281 g/mol. The van der Waals surface area contributed by atoms with Gasteiger partial charge in [0.1, 0.15) is 5.82 Å². The molecular formula is C16H13N2O3-. The second-order valence-corrected chi connectivity index (χ2v) is 4.81. The van der Waals surface area contributed by atoms with Gasteiger partial charge in [-0.2, -0.15) is 0 Å². The third-order valence-corrected chi connectivity index (χ3v) is 3.37. The second-order valence-electron chi connectivity index (χ2n) is 4.81. The first-order chi connectivity index (χ1) is 10.2. The topological polar surface area (TPSA) is 89.0 Å². The van der Waals surface area contributed by atoms with Crippen molar-refractivity contribution in [3.05, 3.63) is 65.0 Å². The maximum Gasteiger partial charge on any atom is 0.111 e. The van der Waals surface area contributed by atoms with Gasteiger partial charge in [-0.3, -0.25) is 0 Å². The van der Waals surface area contributed by atoms with Crippen molar-refractivity contribution < 1.29 is 15.0 Å². The van der Waals surface area contributed by atoms with E-state index in [1.165, 1.54) is 6.07 Å². The number of H-pyrrole nitrogens is 1. The van der Waals surface area contributed by atoms with Crippen LogP contribution in [0.25, 0.3) is 11.0 Å². The van der Waals surface area contributed by atoms with Crippen LogP contribution in [0.3, 0.4) is 0 Å². The van der Waals surface area contributed by atoms with Crippen LogP contribution in [-0.4, -0.2) is 21.0 Å². The van der Waals surface area contributed by atoms with Gasteiger partial charge in [0.15, 0.2) is 0 Å². The van der Waals surface area contributed by atoms with E-state index in [1.807, 2.05) is 18.2 Å². The molecule has 0 aliphatic rings. The normalized spacial score (nSPS) is 10.9. The average Bonchev–Trinajstić information content (AvgIpc) is 2.88. The van der Waals surface area contributed by atoms with E-state index < -0.39 is 5.97 Å². The first kappa shape index (κ1) is 13.3. The molecule has 0 aliphatic heterocycles. The average molecular weight is 281 g/mol. The number of aromatic nitrogens is 2. The van der Waals surface area contributed by atoms with Gasteiger partial charge in [-0.1, -0.05) is 30.3 Å². The molecular weight excluding hydrogens is 268 g/mol. The Kier molecular flexibility index (Phi) is 3.41. The number of hydrogen-bond acceptors (Lipinski definition) is 4. The molecule has 0 saturated carbocycles. The smallest absolute Gasteiger partial charge is 0.111 e. The third-order valence-electron chi connectivity index (χ3n) is 3.37. The summed E-state index contributed by atoms with van der Waals surface area (Å²) < 4.78 is 0. The summed E-state index contributed by atoms with van der Waals surface area (Å²) >= 11 is 0. The zero-order valence-electron chi connectivity index (χ0n) is 11.2. The lowest BCUT2D eigenvalue weighted by Crippen LogP contribution is -2.23. The molecule has 0 spiro atoms. The van der Waals surface area contributed by atoms with Crippen molar-refractivity contribution in [2.75, 3.05) is 0 Å². The first-order valence-corrected chi connectivity index (χ1v) is 6.55. The molecule has 0 saturated heterocycles. The second kappa shape index (κ2) is 5.38. The van der Waals surface area contributed by atoms with Gasteiger partial charge in [0.05, 0.1) is 23.6 Å². The maximum absolute atomic E-state index is 11.1. The van der Waals surface area contributed by atoms with E-state index >= 15 is 0 Å². The summed E-state index contributed by atoms with van der Waals surface area (Å²) in [5, 5.41) is 20.2. The number of aromatic carboxylic acids is 1. The summed E-state index contributed by atoms with van der Waals surface area (Å²) in [5.74, 6) is -0.516. The molecule has 0 unspecified atom stereocenters. The molecule has 1 heterocycles. The summed E-state index contributed by atoms with van der Waals surface area (Å²) in [6.07, 6.45) is 0.382. The predicted octanol–water partition coefficient (Wildman–Crippen LogP) is 1.01. The Bertz CT molecular complexity index is 808. The number of carboxylic acid groups (broad SMARTS) is 1. The molecule has 3 rings (SSSR count). The number of aliphatic hydroxyl groups is 1. The third kappa shape index (κ3) is 2.64. The Hall–Kier alpha value is -2.66. The van der Waals surface area contributed by atoms with Crippen LogP contribution in [0.1, 0.15) is 27.3 Å². The van der Waals surface area contributed by atoms with Crippen LogP contribution in [0.4, 0.5) is 0 Å². The molecule has 0 aliphatic carbocycles. The van der Waals surface area contributed by atoms with Crippen LogP contribution >= 0.6 is 0 Å². The lowest BCUT2D eigenvalue weighted by atomic mass is 10.0. The van der Waals surface area contributed by atoms with E-state index in [-0.39, 0.29) is 12.2 Å². The molecule has 0 fully saturated rings. The SMILES string of the molecule is O=C([O-])c1ccccc1Cc1nc2ccc(CO)cc2[nH]1. The lowest BCUT2D eigenvalue weighted by molar-refractivity contribution is -0.255. The standard InChI is InChI=1S/C16H14N2O3/c19-9-10-5-6-13-14(7-10)18-15(17-13)8-11-3-1-2-4-12(11)16(20)21/h1-7,19H,8-9H2,(H,17,18)(H,20,21)/p-1. The number of aromatic amines is 1. The van der Waals surface area contributed by atoms with Gasteiger partial charge in [0.2, 0.25) is 0 Å². The summed E-state index contributed by atoms with van der Waals surface area (Å²) in [5.41, 5.74) is 3.23. The quantitative estimate of drug-likeness (QED) is 0.747. The predicted molar refractivity (Wildman–Crippen MR) is 75.6 cm³/mol. The number of carboxylic acids is 1. The van der Waals surface area contributed by atoms with E-state index in [0.29, 0.717) is 17.8 Å². The highest BCUT2D eigenvalue weighted by molar-refractivity contribution is 5.87. The molecule has 2 aromatic carbocycles. The van der Waals surface area contributed by atoms with Crippen molar-refractivity contribution in [3.63, 3.8) is 0 Å². The number of nitrogens with one attached hydrogen (secondary N) is 1. The summed E-state index contributed by atoms with van der Waals surface area (Å²) in [4.78, 5) is 18.7. The van der Waals surface area contributed by atoms with Gasteiger partial charge in [0, 0.05) is 12.0 Å². The fourth-order valence-corrected chi connectivity index (χ4v) is 2.35. The summed E-state index contributed by atoms with van der Waals surface area (Å²) in [6.45, 7) is -0.0300. The van der Waals surface area contributed by atoms with Gasteiger partial charge >= 0.3 is 0 Å². The Morgan fingerprint density at radius 2 is 2.05 bits per heavy atom. The van der Waals surface area contributed by atoms with Crippen molar-refractivity contribution in [1.82, 2.24) is 9.97 Å². The number of aliphatic hydroxyl groups excluding tert-OH is 1. The van der Waals surface area contributed by atoms with Crippen LogP contribution in [0.15, 0.2) is 42.5 Å². The minimum absolute atomic E-state index is 0.0300. The molecule has 0 radical (unpaired) electrons.